The average Bonchev–Trinajstić information content (AvgIpc) is 3.24. The third-order valence-electron chi connectivity index (χ3n) is 4.84. The van der Waals surface area contributed by atoms with E-state index in [-0.39, 0.29) is 24.1 Å². The number of hydrogen-bond acceptors (Lipinski definition) is 5. The highest BCUT2D eigenvalue weighted by molar-refractivity contribution is 7.99. The van der Waals surface area contributed by atoms with Crippen molar-refractivity contribution in [2.75, 3.05) is 11.1 Å². The maximum atomic E-state index is 12.5. The molecule has 0 fully saturated rings. The molecule has 7 nitrogen and oxygen atoms in total. The van der Waals surface area contributed by atoms with Crippen LogP contribution in [-0.4, -0.2) is 32.3 Å². The van der Waals surface area contributed by atoms with Crippen LogP contribution in [0, 0.1) is 6.92 Å². The predicted octanol–water partition coefficient (Wildman–Crippen LogP) is 4.89. The first-order valence-corrected chi connectivity index (χ1v) is 11.9. The average molecular weight is 492 g/mol. The van der Waals surface area contributed by atoms with Crippen molar-refractivity contribution in [3.63, 3.8) is 0 Å². The van der Waals surface area contributed by atoms with E-state index >= 15 is 0 Å². The summed E-state index contributed by atoms with van der Waals surface area (Å²) in [6, 6.07) is 23.8. The van der Waals surface area contributed by atoms with E-state index in [1.807, 2.05) is 49.4 Å². The standard InChI is InChI=1S/C25H22ClN5O2S/c1-17-7-5-11-20(13-17)28-23(32)16-34-25-30-29-22(31(25)21-12-6-10-19(26)14-21)15-27-24(33)18-8-3-2-4-9-18/h2-14H,15-16H2,1H3,(H,27,33)(H,28,32). The SMILES string of the molecule is Cc1cccc(NC(=O)CSc2nnc(CNC(=O)c3ccccc3)n2-c2cccc(Cl)c2)c1. The molecule has 34 heavy (non-hydrogen) atoms. The molecule has 3 aromatic carbocycles. The van der Waals surface area contributed by atoms with Crippen LogP contribution in [0.4, 0.5) is 5.69 Å². The number of carbonyl (C=O) groups excluding carboxylic acids is 2. The van der Waals surface area contributed by atoms with Crippen molar-refractivity contribution in [1.29, 1.82) is 0 Å². The summed E-state index contributed by atoms with van der Waals surface area (Å²) >= 11 is 7.46. The van der Waals surface area contributed by atoms with Crippen molar-refractivity contribution in [1.82, 2.24) is 20.1 Å². The highest BCUT2D eigenvalue weighted by atomic mass is 35.5. The van der Waals surface area contributed by atoms with E-state index in [9.17, 15) is 9.59 Å². The molecule has 0 unspecified atom stereocenters. The van der Waals surface area contributed by atoms with Crippen molar-refractivity contribution in [2.24, 2.45) is 0 Å². The molecule has 0 saturated heterocycles. The van der Waals surface area contributed by atoms with Gasteiger partial charge in [-0.15, -0.1) is 10.2 Å². The fraction of sp³-hybridized carbons (Fsp3) is 0.120. The molecule has 9 heteroatoms. The van der Waals surface area contributed by atoms with Gasteiger partial charge in [-0.2, -0.15) is 0 Å². The fourth-order valence-electron chi connectivity index (χ4n) is 3.28. The number of aromatic nitrogens is 3. The molecule has 0 aliphatic rings. The molecular formula is C25H22ClN5O2S. The molecule has 1 heterocycles. The minimum absolute atomic E-state index is 0.142. The van der Waals surface area contributed by atoms with Gasteiger partial charge >= 0.3 is 0 Å². The van der Waals surface area contributed by atoms with Crippen molar-refractivity contribution < 1.29 is 9.59 Å². The number of nitrogens with zero attached hydrogens (tertiary/aromatic N) is 3. The van der Waals surface area contributed by atoms with Crippen molar-refractivity contribution in [3.8, 4) is 5.69 Å². The van der Waals surface area contributed by atoms with Gasteiger partial charge in [0.05, 0.1) is 18.0 Å². The maximum Gasteiger partial charge on any atom is 0.251 e. The first-order valence-electron chi connectivity index (χ1n) is 10.5. The number of thioether (sulfide) groups is 1. The summed E-state index contributed by atoms with van der Waals surface area (Å²) < 4.78 is 1.79. The first-order chi connectivity index (χ1) is 16.5. The van der Waals surface area contributed by atoms with Gasteiger partial charge < -0.3 is 10.6 Å². The van der Waals surface area contributed by atoms with Crippen LogP contribution in [0.3, 0.4) is 0 Å². The molecule has 0 bridgehead atoms. The molecule has 2 amide bonds. The lowest BCUT2D eigenvalue weighted by Gasteiger charge is -2.11. The minimum atomic E-state index is -0.215. The Hall–Kier alpha value is -3.62. The van der Waals surface area contributed by atoms with Gasteiger partial charge in [0.25, 0.3) is 5.91 Å². The second-order valence-corrected chi connectivity index (χ2v) is 8.85. The van der Waals surface area contributed by atoms with E-state index in [0.717, 1.165) is 16.9 Å². The van der Waals surface area contributed by atoms with Crippen LogP contribution in [0.2, 0.25) is 5.02 Å². The smallest absolute Gasteiger partial charge is 0.251 e. The number of aryl methyl sites for hydroxylation is 1. The quantitative estimate of drug-likeness (QED) is 0.342. The number of hydrogen-bond donors (Lipinski definition) is 2. The zero-order valence-corrected chi connectivity index (χ0v) is 19.9. The Kier molecular flexibility index (Phi) is 7.61. The summed E-state index contributed by atoms with van der Waals surface area (Å²) in [7, 11) is 0. The van der Waals surface area contributed by atoms with Gasteiger partial charge in [0, 0.05) is 16.3 Å². The van der Waals surface area contributed by atoms with Crippen LogP contribution in [-0.2, 0) is 11.3 Å². The van der Waals surface area contributed by atoms with Gasteiger partial charge in [0.1, 0.15) is 0 Å². The largest absolute Gasteiger partial charge is 0.345 e. The zero-order valence-electron chi connectivity index (χ0n) is 18.4. The second-order valence-electron chi connectivity index (χ2n) is 7.47. The molecule has 0 saturated carbocycles. The van der Waals surface area contributed by atoms with E-state index in [0.29, 0.717) is 21.6 Å². The van der Waals surface area contributed by atoms with Gasteiger partial charge in [-0.1, -0.05) is 59.8 Å². The number of rotatable bonds is 8. The Morgan fingerprint density at radius 2 is 1.76 bits per heavy atom. The predicted molar refractivity (Wildman–Crippen MR) is 135 cm³/mol. The van der Waals surface area contributed by atoms with E-state index in [1.54, 1.807) is 41.0 Å². The molecule has 4 rings (SSSR count). The van der Waals surface area contributed by atoms with Crippen LogP contribution in [0.1, 0.15) is 21.7 Å². The van der Waals surface area contributed by atoms with Crippen LogP contribution < -0.4 is 10.6 Å². The number of carbonyl (C=O) groups is 2. The Bertz CT molecular complexity index is 1310. The van der Waals surface area contributed by atoms with Gasteiger partial charge in [0.15, 0.2) is 11.0 Å². The lowest BCUT2D eigenvalue weighted by atomic mass is 10.2. The Morgan fingerprint density at radius 1 is 0.971 bits per heavy atom. The normalized spacial score (nSPS) is 10.6. The number of amides is 2. The lowest BCUT2D eigenvalue weighted by Crippen LogP contribution is -2.24. The number of benzene rings is 3. The molecule has 0 radical (unpaired) electrons. The lowest BCUT2D eigenvalue weighted by molar-refractivity contribution is -0.113. The van der Waals surface area contributed by atoms with E-state index in [2.05, 4.69) is 20.8 Å². The molecular weight excluding hydrogens is 470 g/mol. The Balaban J connectivity index is 1.51. The van der Waals surface area contributed by atoms with Crippen LogP contribution in [0.25, 0.3) is 5.69 Å². The molecule has 1 aromatic heterocycles. The van der Waals surface area contributed by atoms with Gasteiger partial charge in [-0.25, -0.2) is 0 Å². The van der Waals surface area contributed by atoms with Crippen molar-refractivity contribution in [2.45, 2.75) is 18.6 Å². The summed E-state index contributed by atoms with van der Waals surface area (Å²) in [6.45, 7) is 2.12. The van der Waals surface area contributed by atoms with Crippen LogP contribution in [0.5, 0.6) is 0 Å². The summed E-state index contributed by atoms with van der Waals surface area (Å²) in [5, 5.41) is 15.4. The molecule has 2 N–H and O–H groups in total. The molecule has 0 atom stereocenters. The van der Waals surface area contributed by atoms with Crippen LogP contribution in [0.15, 0.2) is 84.0 Å². The van der Waals surface area contributed by atoms with Gasteiger partial charge in [-0.3, -0.25) is 14.2 Å². The molecule has 0 aliphatic carbocycles. The minimum Gasteiger partial charge on any atom is -0.345 e. The maximum absolute atomic E-state index is 12.5. The Labute approximate surface area is 206 Å². The summed E-state index contributed by atoms with van der Waals surface area (Å²) in [5.41, 5.74) is 3.10. The van der Waals surface area contributed by atoms with Crippen molar-refractivity contribution in [3.05, 3.63) is 101 Å². The van der Waals surface area contributed by atoms with Crippen molar-refractivity contribution >= 4 is 40.9 Å². The first kappa shape index (κ1) is 23.5. The molecule has 0 spiro atoms. The van der Waals surface area contributed by atoms with Gasteiger partial charge in [-0.05, 0) is 55.0 Å². The number of nitrogens with one attached hydrogen (secondary N) is 2. The fourth-order valence-corrected chi connectivity index (χ4v) is 4.24. The highest BCUT2D eigenvalue weighted by Gasteiger charge is 2.17. The van der Waals surface area contributed by atoms with E-state index in [1.165, 1.54) is 11.8 Å². The second kappa shape index (κ2) is 11.0. The molecule has 0 aliphatic heterocycles. The summed E-state index contributed by atoms with van der Waals surface area (Å²) in [5.74, 6) is 0.291. The monoisotopic (exact) mass is 491 g/mol. The number of anilines is 1. The molecule has 172 valence electrons. The zero-order chi connectivity index (χ0) is 23.9. The highest BCUT2D eigenvalue weighted by Crippen LogP contribution is 2.24. The topological polar surface area (TPSA) is 88.9 Å². The third kappa shape index (κ3) is 6.03. The summed E-state index contributed by atoms with van der Waals surface area (Å²) in [6.07, 6.45) is 0. The van der Waals surface area contributed by atoms with Crippen LogP contribution >= 0.6 is 23.4 Å². The third-order valence-corrected chi connectivity index (χ3v) is 6.01. The summed E-state index contributed by atoms with van der Waals surface area (Å²) in [4.78, 5) is 25.0. The molecule has 4 aromatic rings. The Morgan fingerprint density at radius 3 is 2.53 bits per heavy atom. The van der Waals surface area contributed by atoms with E-state index in [4.69, 9.17) is 11.6 Å². The van der Waals surface area contributed by atoms with E-state index < -0.39 is 0 Å². The van der Waals surface area contributed by atoms with Gasteiger partial charge in [0.2, 0.25) is 5.91 Å². The number of halogens is 1.